The second kappa shape index (κ2) is 7.81. The van der Waals surface area contributed by atoms with Crippen molar-refractivity contribution in [3.8, 4) is 0 Å². The first kappa shape index (κ1) is 17.0. The molecule has 0 aromatic carbocycles. The van der Waals surface area contributed by atoms with Gasteiger partial charge in [0.2, 0.25) is 5.91 Å². The molecule has 1 aliphatic heterocycles. The standard InChI is InChI=1S/C18H28N4O2/c1-2-3-10-19-18(24)16-15-9-8-13(11-22(15)12-20-16)17(23)21-14-6-4-5-7-14/h12-14H,2-11H2,1H3,(H,19,24)(H,21,23). The Kier molecular flexibility index (Phi) is 5.53. The van der Waals surface area contributed by atoms with E-state index in [-0.39, 0.29) is 17.7 Å². The minimum absolute atomic E-state index is 0.0108. The Labute approximate surface area is 143 Å². The van der Waals surface area contributed by atoms with Gasteiger partial charge in [0.05, 0.1) is 17.9 Å². The molecular weight excluding hydrogens is 304 g/mol. The zero-order valence-electron chi connectivity index (χ0n) is 14.5. The number of amides is 2. The van der Waals surface area contributed by atoms with E-state index in [9.17, 15) is 9.59 Å². The predicted octanol–water partition coefficient (Wildman–Crippen LogP) is 2.03. The Balaban J connectivity index is 1.58. The van der Waals surface area contributed by atoms with E-state index in [0.717, 1.165) is 44.2 Å². The van der Waals surface area contributed by atoms with E-state index in [4.69, 9.17) is 0 Å². The molecule has 1 aliphatic carbocycles. The minimum atomic E-state index is -0.0916. The highest BCUT2D eigenvalue weighted by molar-refractivity contribution is 5.93. The molecule has 3 rings (SSSR count). The van der Waals surface area contributed by atoms with Gasteiger partial charge in [0, 0.05) is 19.1 Å². The highest BCUT2D eigenvalue weighted by atomic mass is 16.2. The van der Waals surface area contributed by atoms with Crippen molar-refractivity contribution in [3.05, 3.63) is 17.7 Å². The Morgan fingerprint density at radius 3 is 2.83 bits per heavy atom. The number of nitrogens with one attached hydrogen (secondary N) is 2. The van der Waals surface area contributed by atoms with Gasteiger partial charge < -0.3 is 15.2 Å². The Morgan fingerprint density at radius 1 is 1.29 bits per heavy atom. The molecule has 1 aromatic rings. The maximum absolute atomic E-state index is 12.5. The van der Waals surface area contributed by atoms with Gasteiger partial charge in [-0.2, -0.15) is 0 Å². The third-order valence-electron chi connectivity index (χ3n) is 5.20. The third kappa shape index (κ3) is 3.79. The van der Waals surface area contributed by atoms with E-state index in [1.165, 1.54) is 12.8 Å². The first-order chi connectivity index (χ1) is 11.7. The quantitative estimate of drug-likeness (QED) is 0.783. The van der Waals surface area contributed by atoms with Crippen molar-refractivity contribution in [2.45, 2.75) is 70.9 Å². The molecule has 1 unspecified atom stereocenters. The normalized spacial score (nSPS) is 20.6. The fraction of sp³-hybridized carbons (Fsp3) is 0.722. The topological polar surface area (TPSA) is 76.0 Å². The van der Waals surface area contributed by atoms with Crippen molar-refractivity contribution >= 4 is 11.8 Å². The van der Waals surface area contributed by atoms with Crippen LogP contribution in [0.5, 0.6) is 0 Å². The molecule has 2 N–H and O–H groups in total. The molecule has 24 heavy (non-hydrogen) atoms. The third-order valence-corrected chi connectivity index (χ3v) is 5.20. The van der Waals surface area contributed by atoms with Crippen LogP contribution in [0, 0.1) is 5.92 Å². The summed E-state index contributed by atoms with van der Waals surface area (Å²) in [4.78, 5) is 29.0. The number of aromatic nitrogens is 2. The Bertz CT molecular complexity index is 590. The number of imidazole rings is 1. The summed E-state index contributed by atoms with van der Waals surface area (Å²) in [6.45, 7) is 3.42. The maximum atomic E-state index is 12.5. The van der Waals surface area contributed by atoms with E-state index in [1.807, 2.05) is 4.57 Å². The lowest BCUT2D eigenvalue weighted by Gasteiger charge is -2.25. The molecule has 132 valence electrons. The van der Waals surface area contributed by atoms with Gasteiger partial charge in [0.1, 0.15) is 5.69 Å². The largest absolute Gasteiger partial charge is 0.353 e. The molecule has 0 radical (unpaired) electrons. The molecule has 1 fully saturated rings. The van der Waals surface area contributed by atoms with Gasteiger partial charge in [0.15, 0.2) is 0 Å². The molecule has 1 atom stereocenters. The first-order valence-electron chi connectivity index (χ1n) is 9.31. The van der Waals surface area contributed by atoms with Gasteiger partial charge in [-0.05, 0) is 32.1 Å². The average Bonchev–Trinajstić information content (AvgIpc) is 3.23. The zero-order valence-corrected chi connectivity index (χ0v) is 14.5. The summed E-state index contributed by atoms with van der Waals surface area (Å²) in [5.41, 5.74) is 1.50. The van der Waals surface area contributed by atoms with Crippen molar-refractivity contribution in [1.29, 1.82) is 0 Å². The van der Waals surface area contributed by atoms with Crippen molar-refractivity contribution in [2.24, 2.45) is 5.92 Å². The van der Waals surface area contributed by atoms with Crippen LogP contribution in [-0.2, 0) is 17.8 Å². The SMILES string of the molecule is CCCCNC(=O)c1ncn2c1CCC(C(=O)NC1CCCC1)C2. The number of rotatable bonds is 6. The minimum Gasteiger partial charge on any atom is -0.353 e. The van der Waals surface area contributed by atoms with Crippen molar-refractivity contribution in [2.75, 3.05) is 6.54 Å². The average molecular weight is 332 g/mol. The van der Waals surface area contributed by atoms with E-state index in [1.54, 1.807) is 6.33 Å². The van der Waals surface area contributed by atoms with Gasteiger partial charge in [-0.15, -0.1) is 0 Å². The predicted molar refractivity (Wildman–Crippen MR) is 91.7 cm³/mol. The fourth-order valence-electron chi connectivity index (χ4n) is 3.72. The van der Waals surface area contributed by atoms with Crippen LogP contribution in [0.3, 0.4) is 0 Å². The number of carbonyl (C=O) groups is 2. The first-order valence-corrected chi connectivity index (χ1v) is 9.31. The summed E-state index contributed by atoms with van der Waals surface area (Å²) < 4.78 is 1.98. The fourth-order valence-corrected chi connectivity index (χ4v) is 3.72. The van der Waals surface area contributed by atoms with E-state index >= 15 is 0 Å². The molecule has 2 aliphatic rings. The van der Waals surface area contributed by atoms with Crippen LogP contribution in [0.25, 0.3) is 0 Å². The van der Waals surface area contributed by atoms with Crippen LogP contribution in [0.15, 0.2) is 6.33 Å². The van der Waals surface area contributed by atoms with Gasteiger partial charge >= 0.3 is 0 Å². The highest BCUT2D eigenvalue weighted by Gasteiger charge is 2.30. The summed E-state index contributed by atoms with van der Waals surface area (Å²) >= 11 is 0. The lowest BCUT2D eigenvalue weighted by Crippen LogP contribution is -2.40. The summed E-state index contributed by atoms with van der Waals surface area (Å²) in [7, 11) is 0. The number of fused-ring (bicyclic) bond motifs is 1. The van der Waals surface area contributed by atoms with Crippen LogP contribution in [0.2, 0.25) is 0 Å². The molecule has 0 saturated heterocycles. The van der Waals surface area contributed by atoms with Gasteiger partial charge in [-0.25, -0.2) is 4.98 Å². The molecule has 6 heteroatoms. The lowest BCUT2D eigenvalue weighted by molar-refractivity contribution is -0.126. The molecule has 1 saturated carbocycles. The van der Waals surface area contributed by atoms with E-state index in [0.29, 0.717) is 24.8 Å². The summed E-state index contributed by atoms with van der Waals surface area (Å²) in [6.07, 6.45) is 9.92. The number of carbonyl (C=O) groups excluding carboxylic acids is 2. The molecule has 2 amide bonds. The van der Waals surface area contributed by atoms with Crippen LogP contribution in [-0.4, -0.2) is 34.0 Å². The van der Waals surface area contributed by atoms with Gasteiger partial charge in [-0.3, -0.25) is 9.59 Å². The maximum Gasteiger partial charge on any atom is 0.271 e. The Morgan fingerprint density at radius 2 is 2.08 bits per heavy atom. The molecular formula is C18H28N4O2. The van der Waals surface area contributed by atoms with Crippen LogP contribution >= 0.6 is 0 Å². The molecule has 1 aromatic heterocycles. The smallest absolute Gasteiger partial charge is 0.271 e. The van der Waals surface area contributed by atoms with Crippen molar-refractivity contribution in [1.82, 2.24) is 20.2 Å². The van der Waals surface area contributed by atoms with Crippen molar-refractivity contribution < 1.29 is 9.59 Å². The summed E-state index contributed by atoms with van der Waals surface area (Å²) in [6, 6.07) is 0.363. The molecule has 2 heterocycles. The van der Waals surface area contributed by atoms with Gasteiger partial charge in [-0.1, -0.05) is 26.2 Å². The van der Waals surface area contributed by atoms with Crippen LogP contribution in [0.4, 0.5) is 0 Å². The zero-order chi connectivity index (χ0) is 16.9. The Hall–Kier alpha value is -1.85. The van der Waals surface area contributed by atoms with Crippen molar-refractivity contribution in [3.63, 3.8) is 0 Å². The number of nitrogens with zero attached hydrogens (tertiary/aromatic N) is 2. The van der Waals surface area contributed by atoms with E-state index < -0.39 is 0 Å². The lowest BCUT2D eigenvalue weighted by atomic mass is 9.95. The molecule has 0 spiro atoms. The molecule has 0 bridgehead atoms. The van der Waals surface area contributed by atoms with E-state index in [2.05, 4.69) is 22.5 Å². The van der Waals surface area contributed by atoms with Gasteiger partial charge in [0.25, 0.3) is 5.91 Å². The van der Waals surface area contributed by atoms with Crippen LogP contribution < -0.4 is 10.6 Å². The summed E-state index contributed by atoms with van der Waals surface area (Å²) in [5, 5.41) is 6.12. The second-order valence-corrected chi connectivity index (χ2v) is 7.03. The molecule has 6 nitrogen and oxygen atoms in total. The van der Waals surface area contributed by atoms with Crippen LogP contribution in [0.1, 0.15) is 68.1 Å². The number of unbranched alkanes of at least 4 members (excludes halogenated alkanes) is 1. The number of hydrogen-bond donors (Lipinski definition) is 2. The number of hydrogen-bond acceptors (Lipinski definition) is 3. The monoisotopic (exact) mass is 332 g/mol. The summed E-state index contributed by atoms with van der Waals surface area (Å²) in [5.74, 6) is 0.0598. The second-order valence-electron chi connectivity index (χ2n) is 7.03. The highest BCUT2D eigenvalue weighted by Crippen LogP contribution is 2.24.